The maximum atomic E-state index is 10.6. The fourth-order valence-electron chi connectivity index (χ4n) is 0.779. The van der Waals surface area contributed by atoms with Crippen LogP contribution in [0.3, 0.4) is 0 Å². The van der Waals surface area contributed by atoms with Crippen molar-refractivity contribution >= 4 is 10.4 Å². The Hall–Kier alpha value is -0.510. The van der Waals surface area contributed by atoms with Gasteiger partial charge in [-0.25, -0.2) is 4.18 Å². The Kier molecular flexibility index (Phi) is 8.35. The second-order valence-corrected chi connectivity index (χ2v) is 4.08. The highest BCUT2D eigenvalue weighted by molar-refractivity contribution is 7.81. The van der Waals surface area contributed by atoms with Gasteiger partial charge in [0.25, 0.3) is 0 Å². The molecule has 0 aromatic heterocycles. The molecule has 0 rings (SSSR count). The van der Waals surface area contributed by atoms with Crippen LogP contribution in [-0.4, -0.2) is 40.9 Å². The van der Waals surface area contributed by atoms with Gasteiger partial charge in [-0.3, -0.25) is 0 Å². The molecule has 0 saturated heterocycles. The van der Waals surface area contributed by atoms with Crippen LogP contribution < -0.4 is 5.90 Å². The van der Waals surface area contributed by atoms with Crippen LogP contribution in [0.5, 0.6) is 0 Å². The molecule has 0 saturated carbocycles. The SMILES string of the molecule is C=CCOCC(C)OCCOS(=O)(=O)ON. The Balaban J connectivity index is 3.47. The van der Waals surface area contributed by atoms with Crippen LogP contribution in [0.15, 0.2) is 12.7 Å². The highest BCUT2D eigenvalue weighted by Gasteiger charge is 2.09. The van der Waals surface area contributed by atoms with E-state index in [0.717, 1.165) is 0 Å². The molecule has 8 heteroatoms. The molecule has 1 unspecified atom stereocenters. The van der Waals surface area contributed by atoms with Gasteiger partial charge in [-0.05, 0) is 6.92 Å². The van der Waals surface area contributed by atoms with Crippen molar-refractivity contribution in [2.75, 3.05) is 26.4 Å². The highest BCUT2D eigenvalue weighted by Crippen LogP contribution is 1.95. The lowest BCUT2D eigenvalue weighted by Crippen LogP contribution is -2.21. The summed E-state index contributed by atoms with van der Waals surface area (Å²) >= 11 is 0. The maximum absolute atomic E-state index is 10.6. The first kappa shape index (κ1) is 15.5. The summed E-state index contributed by atoms with van der Waals surface area (Å²) in [5.74, 6) is 4.45. The Morgan fingerprint density at radius 1 is 1.44 bits per heavy atom. The van der Waals surface area contributed by atoms with Gasteiger partial charge < -0.3 is 9.47 Å². The third-order valence-corrected chi connectivity index (χ3v) is 2.11. The van der Waals surface area contributed by atoms with Gasteiger partial charge in [0, 0.05) is 0 Å². The average molecular weight is 255 g/mol. The van der Waals surface area contributed by atoms with Crippen LogP contribution >= 0.6 is 0 Å². The van der Waals surface area contributed by atoms with Crippen LogP contribution in [0.4, 0.5) is 0 Å². The van der Waals surface area contributed by atoms with Crippen molar-refractivity contribution in [1.82, 2.24) is 0 Å². The smallest absolute Gasteiger partial charge is 0.375 e. The van der Waals surface area contributed by atoms with Crippen molar-refractivity contribution in [2.45, 2.75) is 13.0 Å². The van der Waals surface area contributed by atoms with Crippen molar-refractivity contribution in [1.29, 1.82) is 0 Å². The van der Waals surface area contributed by atoms with Gasteiger partial charge in [0.05, 0.1) is 32.5 Å². The lowest BCUT2D eigenvalue weighted by atomic mass is 10.4. The quantitative estimate of drug-likeness (QED) is 0.326. The Bertz CT molecular complexity index is 278. The largest absolute Gasteiger partial charge is 0.415 e. The number of hydrogen-bond acceptors (Lipinski definition) is 7. The van der Waals surface area contributed by atoms with Crippen molar-refractivity contribution in [3.05, 3.63) is 12.7 Å². The van der Waals surface area contributed by atoms with E-state index in [1.165, 1.54) is 0 Å². The van der Waals surface area contributed by atoms with Gasteiger partial charge in [0.2, 0.25) is 0 Å². The zero-order valence-electron chi connectivity index (χ0n) is 9.13. The summed E-state index contributed by atoms with van der Waals surface area (Å²) < 4.78 is 39.4. The minimum absolute atomic E-state index is 0.0984. The van der Waals surface area contributed by atoms with Crippen LogP contribution in [0, 0.1) is 0 Å². The lowest BCUT2D eigenvalue weighted by molar-refractivity contribution is -0.0104. The molecular weight excluding hydrogens is 238 g/mol. The van der Waals surface area contributed by atoms with Crippen LogP contribution in [0.1, 0.15) is 6.92 Å². The van der Waals surface area contributed by atoms with E-state index in [4.69, 9.17) is 9.47 Å². The van der Waals surface area contributed by atoms with Gasteiger partial charge in [-0.15, -0.1) is 6.58 Å². The summed E-state index contributed by atoms with van der Waals surface area (Å²) in [7, 11) is -4.09. The summed E-state index contributed by atoms with van der Waals surface area (Å²) in [5.41, 5.74) is 0. The first-order valence-electron chi connectivity index (χ1n) is 4.59. The summed E-state index contributed by atoms with van der Waals surface area (Å²) in [6, 6.07) is 0. The highest BCUT2D eigenvalue weighted by atomic mass is 32.3. The minimum Gasteiger partial charge on any atom is -0.375 e. The normalized spacial score (nSPS) is 13.6. The molecule has 0 aliphatic heterocycles. The Labute approximate surface area is 95.4 Å². The van der Waals surface area contributed by atoms with E-state index in [-0.39, 0.29) is 19.3 Å². The van der Waals surface area contributed by atoms with Gasteiger partial charge in [-0.2, -0.15) is 18.6 Å². The Morgan fingerprint density at radius 2 is 2.12 bits per heavy atom. The molecule has 0 aliphatic rings. The van der Waals surface area contributed by atoms with E-state index in [9.17, 15) is 8.42 Å². The molecule has 0 radical (unpaired) electrons. The molecule has 0 spiro atoms. The predicted molar refractivity (Wildman–Crippen MR) is 56.6 cm³/mol. The van der Waals surface area contributed by atoms with E-state index in [1.54, 1.807) is 13.0 Å². The second kappa shape index (κ2) is 8.62. The first-order valence-corrected chi connectivity index (χ1v) is 5.93. The van der Waals surface area contributed by atoms with Crippen molar-refractivity contribution in [2.24, 2.45) is 5.90 Å². The van der Waals surface area contributed by atoms with Crippen molar-refractivity contribution in [3.63, 3.8) is 0 Å². The van der Waals surface area contributed by atoms with Crippen LogP contribution in [0.25, 0.3) is 0 Å². The van der Waals surface area contributed by atoms with E-state index < -0.39 is 10.4 Å². The zero-order valence-corrected chi connectivity index (χ0v) is 9.94. The van der Waals surface area contributed by atoms with Gasteiger partial charge >= 0.3 is 10.4 Å². The molecule has 0 heterocycles. The zero-order chi connectivity index (χ0) is 12.4. The molecule has 0 fully saturated rings. The van der Waals surface area contributed by atoms with Crippen LogP contribution in [0.2, 0.25) is 0 Å². The van der Waals surface area contributed by atoms with Crippen LogP contribution in [-0.2, 0) is 28.3 Å². The van der Waals surface area contributed by atoms with Gasteiger partial charge in [-0.1, -0.05) is 6.08 Å². The molecule has 7 nitrogen and oxygen atoms in total. The predicted octanol–water partition coefficient (Wildman–Crippen LogP) is -0.254. The maximum Gasteiger partial charge on any atom is 0.415 e. The Morgan fingerprint density at radius 3 is 2.69 bits per heavy atom. The van der Waals surface area contributed by atoms with Gasteiger partial charge in [0.15, 0.2) is 0 Å². The van der Waals surface area contributed by atoms with E-state index in [0.29, 0.717) is 13.2 Å². The first-order chi connectivity index (χ1) is 7.52. The average Bonchev–Trinajstić information content (AvgIpc) is 2.25. The molecular formula is C8H17NO6S. The molecule has 0 amide bonds. The van der Waals surface area contributed by atoms with Crippen molar-refractivity contribution in [3.8, 4) is 0 Å². The summed E-state index contributed by atoms with van der Waals surface area (Å²) in [4.78, 5) is 0. The lowest BCUT2D eigenvalue weighted by Gasteiger charge is -2.12. The molecule has 0 aliphatic carbocycles. The number of hydrogen-bond donors (Lipinski definition) is 1. The second-order valence-electron chi connectivity index (χ2n) is 2.83. The van der Waals surface area contributed by atoms with E-state index >= 15 is 0 Å². The molecule has 0 aromatic rings. The number of nitrogens with two attached hydrogens (primary N) is 1. The molecule has 2 N–H and O–H groups in total. The van der Waals surface area contributed by atoms with E-state index in [1.807, 2.05) is 0 Å². The third kappa shape index (κ3) is 8.77. The topological polar surface area (TPSA) is 97.1 Å². The summed E-state index contributed by atoms with van der Waals surface area (Å²) in [6.45, 7) is 6.06. The van der Waals surface area contributed by atoms with Gasteiger partial charge in [0.1, 0.15) is 0 Å². The fraction of sp³-hybridized carbons (Fsp3) is 0.750. The molecule has 16 heavy (non-hydrogen) atoms. The molecule has 1 atom stereocenters. The molecule has 96 valence electrons. The third-order valence-electron chi connectivity index (χ3n) is 1.42. The standard InChI is InChI=1S/C8H17NO6S/c1-3-4-12-7-8(2)13-5-6-14-16(10,11)15-9/h3,8H,1,4-7,9H2,2H3. The van der Waals surface area contributed by atoms with Crippen molar-refractivity contribution < 1.29 is 26.4 Å². The number of rotatable bonds is 10. The molecule has 0 bridgehead atoms. The molecule has 0 aromatic carbocycles. The summed E-state index contributed by atoms with van der Waals surface area (Å²) in [6.07, 6.45) is 1.46. The summed E-state index contributed by atoms with van der Waals surface area (Å²) in [5, 5.41) is 0. The minimum atomic E-state index is -4.09. The fourth-order valence-corrected chi connectivity index (χ4v) is 1.11. The number of ether oxygens (including phenoxy) is 2. The van der Waals surface area contributed by atoms with E-state index in [2.05, 4.69) is 20.9 Å². The monoisotopic (exact) mass is 255 g/mol.